The van der Waals surface area contributed by atoms with E-state index in [1.54, 1.807) is 0 Å². The first-order chi connectivity index (χ1) is 7.88. The van der Waals surface area contributed by atoms with Gasteiger partial charge >= 0.3 is 5.97 Å². The van der Waals surface area contributed by atoms with Gasteiger partial charge in [0, 0.05) is 12.0 Å². The minimum Gasteiger partial charge on any atom is -0.504 e. The van der Waals surface area contributed by atoms with Gasteiger partial charge in [-0.25, -0.2) is 0 Å². The highest BCUT2D eigenvalue weighted by Crippen LogP contribution is 2.36. The van der Waals surface area contributed by atoms with Gasteiger partial charge in [0.25, 0.3) is 0 Å². The maximum atomic E-state index is 13.6. The van der Waals surface area contributed by atoms with E-state index in [-0.39, 0.29) is 22.2 Å². The molecule has 5 nitrogen and oxygen atoms in total. The van der Waals surface area contributed by atoms with E-state index in [0.717, 1.165) is 0 Å². The maximum Gasteiger partial charge on any atom is 0.320 e. The summed E-state index contributed by atoms with van der Waals surface area (Å²) in [6.45, 7) is 0. The Labute approximate surface area is 105 Å². The SMILES string of the molecule is COc1c(CC(N)C(=O)O)cc(Br)c(O)c1F. The molecule has 0 heterocycles. The Morgan fingerprint density at radius 1 is 1.71 bits per heavy atom. The average Bonchev–Trinajstić information content (AvgIpc) is 2.26. The van der Waals surface area contributed by atoms with Crippen LogP contribution in [0.4, 0.5) is 4.39 Å². The fourth-order valence-corrected chi connectivity index (χ4v) is 1.79. The summed E-state index contributed by atoms with van der Waals surface area (Å²) >= 11 is 2.95. The molecule has 0 bridgehead atoms. The second-order valence-electron chi connectivity index (χ2n) is 3.36. The number of phenolic OH excluding ortho intramolecular Hbond substituents is 1. The van der Waals surface area contributed by atoms with Gasteiger partial charge in [-0.05, 0) is 22.0 Å². The predicted octanol–water partition coefficient (Wildman–Crippen LogP) is 1.26. The van der Waals surface area contributed by atoms with E-state index in [4.69, 9.17) is 15.6 Å². The smallest absolute Gasteiger partial charge is 0.320 e. The van der Waals surface area contributed by atoms with Gasteiger partial charge < -0.3 is 20.7 Å². The molecule has 7 heteroatoms. The molecule has 1 aromatic carbocycles. The Balaban J connectivity index is 3.19. The second-order valence-corrected chi connectivity index (χ2v) is 4.22. The first-order valence-electron chi connectivity index (χ1n) is 4.60. The zero-order valence-electron chi connectivity index (χ0n) is 8.91. The number of carbonyl (C=O) groups is 1. The summed E-state index contributed by atoms with van der Waals surface area (Å²) < 4.78 is 18.5. The number of rotatable bonds is 4. The van der Waals surface area contributed by atoms with Crippen LogP contribution in [0.25, 0.3) is 0 Å². The molecule has 0 fully saturated rings. The van der Waals surface area contributed by atoms with Crippen molar-refractivity contribution in [2.45, 2.75) is 12.5 Å². The van der Waals surface area contributed by atoms with Gasteiger partial charge in [-0.1, -0.05) is 0 Å². The van der Waals surface area contributed by atoms with Crippen LogP contribution in [0, 0.1) is 5.82 Å². The Morgan fingerprint density at radius 2 is 2.29 bits per heavy atom. The van der Waals surface area contributed by atoms with Gasteiger partial charge in [0.1, 0.15) is 6.04 Å². The fraction of sp³-hybridized carbons (Fsp3) is 0.300. The standard InChI is InChI=1S/C10H11BrFNO4/c1-17-9-4(3-6(13)10(15)16)2-5(11)8(14)7(9)12/h2,6,14H,3,13H2,1H3,(H,15,16). The number of phenols is 1. The molecule has 1 aromatic rings. The molecule has 0 spiro atoms. The van der Waals surface area contributed by atoms with Crippen LogP contribution in [0.15, 0.2) is 10.5 Å². The molecule has 0 saturated carbocycles. The molecule has 0 saturated heterocycles. The molecule has 1 unspecified atom stereocenters. The van der Waals surface area contributed by atoms with Crippen molar-refractivity contribution in [3.8, 4) is 11.5 Å². The van der Waals surface area contributed by atoms with Gasteiger partial charge in [-0.3, -0.25) is 4.79 Å². The highest BCUT2D eigenvalue weighted by molar-refractivity contribution is 9.10. The predicted molar refractivity (Wildman–Crippen MR) is 61.6 cm³/mol. The minimum atomic E-state index is -1.20. The molecule has 4 N–H and O–H groups in total. The van der Waals surface area contributed by atoms with Crippen LogP contribution in [0.3, 0.4) is 0 Å². The zero-order valence-corrected chi connectivity index (χ0v) is 10.5. The van der Waals surface area contributed by atoms with Crippen molar-refractivity contribution in [3.63, 3.8) is 0 Å². The summed E-state index contributed by atoms with van der Waals surface area (Å²) in [6.07, 6.45) is -0.103. The lowest BCUT2D eigenvalue weighted by molar-refractivity contribution is -0.138. The number of halogens is 2. The van der Waals surface area contributed by atoms with Gasteiger partial charge in [-0.2, -0.15) is 4.39 Å². The van der Waals surface area contributed by atoms with E-state index in [1.807, 2.05) is 0 Å². The number of nitrogens with two attached hydrogens (primary N) is 1. The molecule has 0 aliphatic carbocycles. The van der Waals surface area contributed by atoms with Crippen LogP contribution >= 0.6 is 15.9 Å². The van der Waals surface area contributed by atoms with Crippen molar-refractivity contribution < 1.29 is 24.1 Å². The van der Waals surface area contributed by atoms with Gasteiger partial charge in [0.15, 0.2) is 11.5 Å². The number of ether oxygens (including phenoxy) is 1. The van der Waals surface area contributed by atoms with E-state index in [2.05, 4.69) is 15.9 Å². The van der Waals surface area contributed by atoms with Crippen molar-refractivity contribution in [2.24, 2.45) is 5.73 Å². The monoisotopic (exact) mass is 307 g/mol. The third-order valence-corrected chi connectivity index (χ3v) is 2.79. The number of carboxylic acid groups (broad SMARTS) is 1. The van der Waals surface area contributed by atoms with Gasteiger partial charge in [-0.15, -0.1) is 0 Å². The molecular formula is C10H11BrFNO4. The number of benzene rings is 1. The van der Waals surface area contributed by atoms with Crippen molar-refractivity contribution in [2.75, 3.05) is 7.11 Å². The Morgan fingerprint density at radius 3 is 2.76 bits per heavy atom. The fourth-order valence-electron chi connectivity index (χ4n) is 1.34. The van der Waals surface area contributed by atoms with Crippen molar-refractivity contribution in [1.29, 1.82) is 0 Å². The highest BCUT2D eigenvalue weighted by Gasteiger charge is 2.21. The van der Waals surface area contributed by atoms with Crippen molar-refractivity contribution in [3.05, 3.63) is 21.9 Å². The summed E-state index contributed by atoms with van der Waals surface area (Å²) in [5, 5.41) is 18.0. The lowest BCUT2D eigenvalue weighted by Gasteiger charge is -2.13. The summed E-state index contributed by atoms with van der Waals surface area (Å²) in [5.74, 6) is -2.94. The highest BCUT2D eigenvalue weighted by atomic mass is 79.9. The van der Waals surface area contributed by atoms with Crippen LogP contribution in [0.5, 0.6) is 11.5 Å². The summed E-state index contributed by atoms with van der Waals surface area (Å²) in [7, 11) is 1.22. The quantitative estimate of drug-likeness (QED) is 0.778. The minimum absolute atomic E-state index is 0.103. The summed E-state index contributed by atoms with van der Waals surface area (Å²) in [5.41, 5.74) is 5.62. The van der Waals surface area contributed by atoms with Crippen LogP contribution in [-0.2, 0) is 11.2 Å². The topological polar surface area (TPSA) is 92.8 Å². The number of carboxylic acids is 1. The molecule has 0 aromatic heterocycles. The van der Waals surface area contributed by atoms with Crippen LogP contribution in [0.1, 0.15) is 5.56 Å². The zero-order chi connectivity index (χ0) is 13.2. The number of aliphatic carboxylic acids is 1. The van der Waals surface area contributed by atoms with Crippen LogP contribution in [0.2, 0.25) is 0 Å². The van der Waals surface area contributed by atoms with E-state index in [0.29, 0.717) is 0 Å². The molecule has 0 radical (unpaired) electrons. The third-order valence-electron chi connectivity index (χ3n) is 2.19. The first-order valence-corrected chi connectivity index (χ1v) is 5.40. The molecular weight excluding hydrogens is 297 g/mol. The summed E-state index contributed by atoms with van der Waals surface area (Å²) in [6, 6.07) is 0.208. The Bertz CT molecular complexity index is 452. The first kappa shape index (κ1) is 13.7. The largest absolute Gasteiger partial charge is 0.504 e. The molecule has 0 aliphatic heterocycles. The normalized spacial score (nSPS) is 12.2. The lowest BCUT2D eigenvalue weighted by Crippen LogP contribution is -2.32. The van der Waals surface area contributed by atoms with Crippen molar-refractivity contribution >= 4 is 21.9 Å². The molecule has 1 rings (SSSR count). The van der Waals surface area contributed by atoms with Crippen LogP contribution < -0.4 is 10.5 Å². The number of hydrogen-bond acceptors (Lipinski definition) is 4. The lowest BCUT2D eigenvalue weighted by atomic mass is 10.0. The molecule has 0 aliphatic rings. The van der Waals surface area contributed by atoms with E-state index < -0.39 is 23.6 Å². The molecule has 17 heavy (non-hydrogen) atoms. The van der Waals surface area contributed by atoms with Crippen molar-refractivity contribution in [1.82, 2.24) is 0 Å². The van der Waals surface area contributed by atoms with E-state index in [9.17, 15) is 14.3 Å². The number of aromatic hydroxyl groups is 1. The third kappa shape index (κ3) is 2.86. The second kappa shape index (κ2) is 5.33. The number of hydrogen-bond donors (Lipinski definition) is 3. The average molecular weight is 308 g/mol. The number of methoxy groups -OCH3 is 1. The molecule has 0 amide bonds. The molecule has 94 valence electrons. The Hall–Kier alpha value is -1.34. The van der Waals surface area contributed by atoms with E-state index in [1.165, 1.54) is 13.2 Å². The molecule has 1 atom stereocenters. The van der Waals surface area contributed by atoms with Crippen LogP contribution in [-0.4, -0.2) is 29.3 Å². The summed E-state index contributed by atoms with van der Waals surface area (Å²) in [4.78, 5) is 10.6. The Kier molecular flexibility index (Phi) is 4.30. The van der Waals surface area contributed by atoms with Gasteiger partial charge in [0.05, 0.1) is 11.6 Å². The maximum absolute atomic E-state index is 13.6. The van der Waals surface area contributed by atoms with E-state index >= 15 is 0 Å². The van der Waals surface area contributed by atoms with Gasteiger partial charge in [0.2, 0.25) is 5.82 Å².